The predicted molar refractivity (Wildman–Crippen MR) is 49.1 cm³/mol. The van der Waals surface area contributed by atoms with Crippen molar-refractivity contribution >= 4 is 17.6 Å². The molecule has 0 radical (unpaired) electrons. The molecule has 14 heavy (non-hydrogen) atoms. The van der Waals surface area contributed by atoms with E-state index in [0.717, 1.165) is 0 Å². The fourth-order valence-electron chi connectivity index (χ4n) is 0.964. The summed E-state index contributed by atoms with van der Waals surface area (Å²) in [5, 5.41) is 19.6. The first kappa shape index (κ1) is 10.0. The molecule has 1 rings (SSSR count). The molecular weight excluding hydrogens is 186 g/mol. The van der Waals surface area contributed by atoms with Crippen molar-refractivity contribution in [2.24, 2.45) is 0 Å². The molecule has 0 aliphatic carbocycles. The van der Waals surface area contributed by atoms with Gasteiger partial charge < -0.3 is 15.5 Å². The molecule has 0 aliphatic heterocycles. The number of phenolic OH excluding ortho intramolecular Hbond substituents is 1. The number of hydrogen-bond acceptors (Lipinski definition) is 3. The fraction of sp³-hybridized carbons (Fsp3) is 0.111. The van der Waals surface area contributed by atoms with Gasteiger partial charge >= 0.3 is 11.9 Å². The summed E-state index contributed by atoms with van der Waals surface area (Å²) in [6, 6.07) is 4.23. The summed E-state index contributed by atoms with van der Waals surface area (Å²) in [5.74, 6) is -2.58. The maximum absolute atomic E-state index is 10.8. The van der Waals surface area contributed by atoms with Crippen molar-refractivity contribution in [2.75, 3.05) is 5.32 Å². The average Bonchev–Trinajstić information content (AvgIpc) is 2.09. The van der Waals surface area contributed by atoms with Crippen molar-refractivity contribution < 1.29 is 19.8 Å². The number of aliphatic carboxylic acids is 1. The standard InChI is InChI=1S/C9H9NO4/c1-5-4-6(11)2-3-7(5)10-8(12)9(13)14/h2-4,11H,1H3,(H,10,12)(H,13,14). The summed E-state index contributed by atoms with van der Waals surface area (Å²) >= 11 is 0. The van der Waals surface area contributed by atoms with Crippen LogP contribution in [0.2, 0.25) is 0 Å². The van der Waals surface area contributed by atoms with Crippen LogP contribution in [0.15, 0.2) is 18.2 Å². The van der Waals surface area contributed by atoms with Gasteiger partial charge in [0.1, 0.15) is 5.75 Å². The molecule has 1 aromatic rings. The number of carbonyl (C=O) groups is 2. The summed E-state index contributed by atoms with van der Waals surface area (Å²) in [6.07, 6.45) is 0. The van der Waals surface area contributed by atoms with Gasteiger partial charge in [0.15, 0.2) is 0 Å². The number of benzene rings is 1. The Hall–Kier alpha value is -2.04. The lowest BCUT2D eigenvalue weighted by Crippen LogP contribution is -2.22. The van der Waals surface area contributed by atoms with E-state index in [2.05, 4.69) is 5.32 Å². The first-order chi connectivity index (χ1) is 6.50. The summed E-state index contributed by atoms with van der Waals surface area (Å²) in [7, 11) is 0. The van der Waals surface area contributed by atoms with E-state index in [1.54, 1.807) is 6.92 Å². The number of amides is 1. The highest BCUT2D eigenvalue weighted by Gasteiger charge is 2.12. The minimum absolute atomic E-state index is 0.0656. The Kier molecular flexibility index (Phi) is 2.71. The molecule has 0 aliphatic rings. The third kappa shape index (κ3) is 2.22. The van der Waals surface area contributed by atoms with Crippen LogP contribution in [-0.4, -0.2) is 22.1 Å². The molecule has 1 aromatic carbocycles. The SMILES string of the molecule is Cc1cc(O)ccc1NC(=O)C(=O)O. The molecule has 0 unspecified atom stereocenters. The van der Waals surface area contributed by atoms with Gasteiger partial charge in [-0.3, -0.25) is 4.79 Å². The second-order valence-corrected chi connectivity index (χ2v) is 2.76. The number of carbonyl (C=O) groups excluding carboxylic acids is 1. The zero-order valence-electron chi connectivity index (χ0n) is 7.44. The lowest BCUT2D eigenvalue weighted by Gasteiger charge is -2.05. The number of aromatic hydroxyl groups is 1. The lowest BCUT2D eigenvalue weighted by molar-refractivity contribution is -0.147. The lowest BCUT2D eigenvalue weighted by atomic mass is 10.2. The number of carboxylic acid groups (broad SMARTS) is 1. The predicted octanol–water partition coefficient (Wildman–Crippen LogP) is 0.724. The van der Waals surface area contributed by atoms with Gasteiger partial charge in [0.25, 0.3) is 0 Å². The molecule has 0 saturated heterocycles. The van der Waals surface area contributed by atoms with Crippen LogP contribution in [0, 0.1) is 6.92 Å². The van der Waals surface area contributed by atoms with Crippen LogP contribution in [0.3, 0.4) is 0 Å². The van der Waals surface area contributed by atoms with E-state index in [4.69, 9.17) is 10.2 Å². The second kappa shape index (κ2) is 3.78. The monoisotopic (exact) mass is 195 g/mol. The Bertz CT molecular complexity index is 386. The van der Waals surface area contributed by atoms with Crippen LogP contribution in [0.1, 0.15) is 5.56 Å². The van der Waals surface area contributed by atoms with Crippen molar-refractivity contribution in [3.63, 3.8) is 0 Å². The van der Waals surface area contributed by atoms with Gasteiger partial charge in [0, 0.05) is 5.69 Å². The zero-order chi connectivity index (χ0) is 10.7. The maximum Gasteiger partial charge on any atom is 0.394 e. The van der Waals surface area contributed by atoms with E-state index in [9.17, 15) is 9.59 Å². The number of nitrogens with one attached hydrogen (secondary N) is 1. The van der Waals surface area contributed by atoms with Gasteiger partial charge in [-0.1, -0.05) is 0 Å². The van der Waals surface area contributed by atoms with Crippen LogP contribution >= 0.6 is 0 Å². The van der Waals surface area contributed by atoms with Gasteiger partial charge in [0.05, 0.1) is 0 Å². The van der Waals surface area contributed by atoms with E-state index in [-0.39, 0.29) is 5.75 Å². The van der Waals surface area contributed by atoms with Gasteiger partial charge in [-0.25, -0.2) is 4.79 Å². The first-order valence-corrected chi connectivity index (χ1v) is 3.84. The van der Waals surface area contributed by atoms with Crippen molar-refractivity contribution in [3.05, 3.63) is 23.8 Å². The number of rotatable bonds is 1. The molecule has 0 saturated carbocycles. The third-order valence-electron chi connectivity index (χ3n) is 1.65. The van der Waals surface area contributed by atoms with Crippen molar-refractivity contribution in [2.45, 2.75) is 6.92 Å². The summed E-state index contributed by atoms with van der Waals surface area (Å²) in [6.45, 7) is 1.65. The second-order valence-electron chi connectivity index (χ2n) is 2.76. The Morgan fingerprint density at radius 2 is 2.00 bits per heavy atom. The minimum atomic E-state index is -1.54. The van der Waals surface area contributed by atoms with E-state index >= 15 is 0 Å². The van der Waals surface area contributed by atoms with Gasteiger partial charge in [-0.15, -0.1) is 0 Å². The number of hydrogen-bond donors (Lipinski definition) is 3. The number of aryl methyl sites for hydroxylation is 1. The Morgan fingerprint density at radius 1 is 1.36 bits per heavy atom. The first-order valence-electron chi connectivity index (χ1n) is 3.84. The summed E-state index contributed by atoms with van der Waals surface area (Å²) in [5.41, 5.74) is 0.967. The number of anilines is 1. The van der Waals surface area contributed by atoms with E-state index < -0.39 is 11.9 Å². The van der Waals surface area contributed by atoms with Crippen molar-refractivity contribution in [1.82, 2.24) is 0 Å². The highest BCUT2D eigenvalue weighted by molar-refractivity contribution is 6.36. The molecular formula is C9H9NO4. The summed E-state index contributed by atoms with van der Waals surface area (Å²) < 4.78 is 0. The zero-order valence-corrected chi connectivity index (χ0v) is 7.44. The van der Waals surface area contributed by atoms with Crippen molar-refractivity contribution in [3.8, 4) is 5.75 Å². The van der Waals surface area contributed by atoms with Crippen LogP contribution in [0.4, 0.5) is 5.69 Å². The molecule has 1 amide bonds. The Balaban J connectivity index is 2.87. The quantitative estimate of drug-likeness (QED) is 0.455. The highest BCUT2D eigenvalue weighted by atomic mass is 16.4. The topological polar surface area (TPSA) is 86.6 Å². The Labute approximate surface area is 80.0 Å². The van der Waals surface area contributed by atoms with Gasteiger partial charge in [-0.05, 0) is 30.7 Å². The molecule has 5 nitrogen and oxygen atoms in total. The molecule has 5 heteroatoms. The minimum Gasteiger partial charge on any atom is -0.508 e. The third-order valence-corrected chi connectivity index (χ3v) is 1.65. The summed E-state index contributed by atoms with van der Waals surface area (Å²) in [4.78, 5) is 21.0. The molecule has 0 atom stereocenters. The van der Waals surface area contributed by atoms with Crippen LogP contribution in [0.25, 0.3) is 0 Å². The van der Waals surface area contributed by atoms with Gasteiger partial charge in [-0.2, -0.15) is 0 Å². The van der Waals surface area contributed by atoms with E-state index in [1.807, 2.05) is 0 Å². The molecule has 74 valence electrons. The van der Waals surface area contributed by atoms with Crippen LogP contribution < -0.4 is 5.32 Å². The molecule has 0 spiro atoms. The van der Waals surface area contributed by atoms with Gasteiger partial charge in [0.2, 0.25) is 0 Å². The fourth-order valence-corrected chi connectivity index (χ4v) is 0.964. The largest absolute Gasteiger partial charge is 0.508 e. The normalized spacial score (nSPS) is 9.50. The van der Waals surface area contributed by atoms with Crippen LogP contribution in [-0.2, 0) is 9.59 Å². The molecule has 0 fully saturated rings. The highest BCUT2D eigenvalue weighted by Crippen LogP contribution is 2.19. The molecule has 0 bridgehead atoms. The van der Waals surface area contributed by atoms with Crippen molar-refractivity contribution in [1.29, 1.82) is 0 Å². The number of carboxylic acids is 1. The van der Waals surface area contributed by atoms with E-state index in [1.165, 1.54) is 18.2 Å². The number of phenols is 1. The van der Waals surface area contributed by atoms with Crippen LogP contribution in [0.5, 0.6) is 5.75 Å². The smallest absolute Gasteiger partial charge is 0.394 e. The molecule has 0 heterocycles. The molecule has 0 aromatic heterocycles. The average molecular weight is 195 g/mol. The Morgan fingerprint density at radius 3 is 2.50 bits per heavy atom. The molecule has 3 N–H and O–H groups in total. The maximum atomic E-state index is 10.8. The van der Waals surface area contributed by atoms with E-state index in [0.29, 0.717) is 11.3 Å².